The summed E-state index contributed by atoms with van der Waals surface area (Å²) in [6, 6.07) is 0. The van der Waals surface area contributed by atoms with Gasteiger partial charge in [-0.15, -0.1) is 0 Å². The zero-order chi connectivity index (χ0) is 10.7. The first-order valence-corrected chi connectivity index (χ1v) is 6.52. The summed E-state index contributed by atoms with van der Waals surface area (Å²) >= 11 is 0. The van der Waals surface area contributed by atoms with E-state index < -0.39 is 5.97 Å². The van der Waals surface area contributed by atoms with Gasteiger partial charge in [-0.1, -0.05) is 32.1 Å². The fourth-order valence-corrected chi connectivity index (χ4v) is 3.60. The summed E-state index contributed by atoms with van der Waals surface area (Å²) in [5.74, 6) is 0.437. The Kier molecular flexibility index (Phi) is 3.66. The third-order valence-corrected chi connectivity index (χ3v) is 4.35. The van der Waals surface area contributed by atoms with Crippen LogP contribution in [0.1, 0.15) is 57.8 Å². The van der Waals surface area contributed by atoms with Gasteiger partial charge in [0.15, 0.2) is 0 Å². The summed E-state index contributed by atoms with van der Waals surface area (Å²) in [6.07, 6.45) is 11.0. The molecule has 0 bridgehead atoms. The van der Waals surface area contributed by atoms with Gasteiger partial charge < -0.3 is 5.11 Å². The second-order valence-electron chi connectivity index (χ2n) is 5.31. The van der Waals surface area contributed by atoms with Crippen molar-refractivity contribution in [2.75, 3.05) is 0 Å². The van der Waals surface area contributed by atoms with Gasteiger partial charge in [-0.25, -0.2) is 0 Å². The standard InChI is InChI=1S/C13H22O2/c14-13(15)12(11-8-4-5-9-11)10-6-2-1-3-7-10/h10-12H,1-9H2,(H,14,15)/t12-/m0/s1. The van der Waals surface area contributed by atoms with E-state index in [1.807, 2.05) is 0 Å². The highest BCUT2D eigenvalue weighted by molar-refractivity contribution is 5.70. The van der Waals surface area contributed by atoms with Crippen molar-refractivity contribution in [1.29, 1.82) is 0 Å². The molecule has 2 heteroatoms. The zero-order valence-corrected chi connectivity index (χ0v) is 9.45. The quantitative estimate of drug-likeness (QED) is 0.774. The second-order valence-corrected chi connectivity index (χ2v) is 5.31. The van der Waals surface area contributed by atoms with Crippen LogP contribution >= 0.6 is 0 Å². The minimum atomic E-state index is -0.520. The van der Waals surface area contributed by atoms with Crippen molar-refractivity contribution >= 4 is 5.97 Å². The molecule has 0 amide bonds. The molecule has 0 unspecified atom stereocenters. The molecule has 0 radical (unpaired) electrons. The Hall–Kier alpha value is -0.530. The first-order valence-electron chi connectivity index (χ1n) is 6.52. The van der Waals surface area contributed by atoms with Gasteiger partial charge in [0, 0.05) is 0 Å². The van der Waals surface area contributed by atoms with Gasteiger partial charge in [-0.2, -0.15) is 0 Å². The van der Waals surface area contributed by atoms with Crippen LogP contribution in [0.5, 0.6) is 0 Å². The van der Waals surface area contributed by atoms with E-state index in [4.69, 9.17) is 0 Å². The SMILES string of the molecule is O=C(O)[C@@H](C1CCCCC1)C1CCCC1. The van der Waals surface area contributed by atoms with E-state index in [1.165, 1.54) is 32.1 Å². The lowest BCUT2D eigenvalue weighted by Gasteiger charge is -2.31. The highest BCUT2D eigenvalue weighted by Crippen LogP contribution is 2.40. The molecule has 86 valence electrons. The van der Waals surface area contributed by atoms with Crippen molar-refractivity contribution < 1.29 is 9.90 Å². The normalized spacial score (nSPS) is 26.7. The van der Waals surface area contributed by atoms with Gasteiger partial charge in [-0.3, -0.25) is 4.79 Å². The van der Waals surface area contributed by atoms with Crippen molar-refractivity contribution in [3.05, 3.63) is 0 Å². The summed E-state index contributed by atoms with van der Waals surface area (Å²) in [5, 5.41) is 9.39. The van der Waals surface area contributed by atoms with E-state index in [1.54, 1.807) is 0 Å². The summed E-state index contributed by atoms with van der Waals surface area (Å²) in [6.45, 7) is 0. The van der Waals surface area contributed by atoms with Crippen molar-refractivity contribution in [2.45, 2.75) is 57.8 Å². The minimum absolute atomic E-state index is 0.0206. The number of rotatable bonds is 3. The highest BCUT2D eigenvalue weighted by Gasteiger charge is 2.36. The Morgan fingerprint density at radius 2 is 1.27 bits per heavy atom. The molecule has 0 aromatic heterocycles. The molecule has 2 fully saturated rings. The van der Waals surface area contributed by atoms with Crippen LogP contribution in [-0.4, -0.2) is 11.1 Å². The highest BCUT2D eigenvalue weighted by atomic mass is 16.4. The van der Waals surface area contributed by atoms with Crippen molar-refractivity contribution in [2.24, 2.45) is 17.8 Å². The molecule has 0 heterocycles. The lowest BCUT2D eigenvalue weighted by atomic mass is 9.73. The fourth-order valence-electron chi connectivity index (χ4n) is 3.60. The Labute approximate surface area is 92.1 Å². The molecule has 2 saturated carbocycles. The van der Waals surface area contributed by atoms with E-state index in [2.05, 4.69) is 0 Å². The number of carboxylic acids is 1. The first kappa shape index (κ1) is 11.0. The van der Waals surface area contributed by atoms with Crippen LogP contribution in [-0.2, 0) is 4.79 Å². The lowest BCUT2D eigenvalue weighted by molar-refractivity contribution is -0.146. The predicted octanol–water partition coefficient (Wildman–Crippen LogP) is 3.46. The first-order chi connectivity index (χ1) is 7.29. The summed E-state index contributed by atoms with van der Waals surface area (Å²) < 4.78 is 0. The van der Waals surface area contributed by atoms with Gasteiger partial charge in [-0.05, 0) is 37.5 Å². The minimum Gasteiger partial charge on any atom is -0.481 e. The maximum atomic E-state index is 11.4. The largest absolute Gasteiger partial charge is 0.481 e. The molecule has 1 N–H and O–H groups in total. The van der Waals surface area contributed by atoms with E-state index in [0.29, 0.717) is 11.8 Å². The van der Waals surface area contributed by atoms with E-state index in [9.17, 15) is 9.90 Å². The number of carbonyl (C=O) groups is 1. The smallest absolute Gasteiger partial charge is 0.307 e. The Morgan fingerprint density at radius 3 is 1.67 bits per heavy atom. The molecule has 1 atom stereocenters. The topological polar surface area (TPSA) is 37.3 Å². The van der Waals surface area contributed by atoms with E-state index >= 15 is 0 Å². The fraction of sp³-hybridized carbons (Fsp3) is 0.923. The maximum absolute atomic E-state index is 11.4. The van der Waals surface area contributed by atoms with Gasteiger partial charge in [0.25, 0.3) is 0 Å². The third-order valence-electron chi connectivity index (χ3n) is 4.35. The summed E-state index contributed by atoms with van der Waals surface area (Å²) in [4.78, 5) is 11.4. The molecule has 0 spiro atoms. The lowest BCUT2D eigenvalue weighted by Crippen LogP contribution is -2.31. The zero-order valence-electron chi connectivity index (χ0n) is 9.45. The molecule has 0 aromatic carbocycles. The molecular formula is C13H22O2. The molecular weight excluding hydrogens is 188 g/mol. The van der Waals surface area contributed by atoms with Crippen LogP contribution in [0.4, 0.5) is 0 Å². The number of hydrogen-bond acceptors (Lipinski definition) is 1. The maximum Gasteiger partial charge on any atom is 0.307 e. The third kappa shape index (κ3) is 2.53. The second kappa shape index (κ2) is 5.00. The van der Waals surface area contributed by atoms with Crippen LogP contribution in [0.2, 0.25) is 0 Å². The number of carboxylic acid groups (broad SMARTS) is 1. The summed E-state index contributed by atoms with van der Waals surface area (Å²) in [5.41, 5.74) is 0. The monoisotopic (exact) mass is 210 g/mol. The molecule has 0 aliphatic heterocycles. The van der Waals surface area contributed by atoms with Crippen LogP contribution < -0.4 is 0 Å². The predicted molar refractivity (Wildman–Crippen MR) is 59.7 cm³/mol. The Balaban J connectivity index is 2.00. The van der Waals surface area contributed by atoms with Crippen LogP contribution in [0.3, 0.4) is 0 Å². The summed E-state index contributed by atoms with van der Waals surface area (Å²) in [7, 11) is 0. The van der Waals surface area contributed by atoms with Gasteiger partial charge >= 0.3 is 5.97 Å². The molecule has 0 aromatic rings. The molecule has 15 heavy (non-hydrogen) atoms. The van der Waals surface area contributed by atoms with Crippen molar-refractivity contribution in [3.8, 4) is 0 Å². The van der Waals surface area contributed by atoms with Crippen LogP contribution in [0.25, 0.3) is 0 Å². The van der Waals surface area contributed by atoms with E-state index in [-0.39, 0.29) is 5.92 Å². The van der Waals surface area contributed by atoms with Gasteiger partial charge in [0.2, 0.25) is 0 Å². The van der Waals surface area contributed by atoms with Crippen LogP contribution in [0, 0.1) is 17.8 Å². The molecule has 2 nitrogen and oxygen atoms in total. The Morgan fingerprint density at radius 1 is 0.867 bits per heavy atom. The van der Waals surface area contributed by atoms with Crippen molar-refractivity contribution in [1.82, 2.24) is 0 Å². The molecule has 0 saturated heterocycles. The number of aliphatic carboxylic acids is 1. The van der Waals surface area contributed by atoms with Gasteiger partial charge in [0.1, 0.15) is 0 Å². The molecule has 2 aliphatic rings. The molecule has 2 aliphatic carbocycles. The number of hydrogen-bond donors (Lipinski definition) is 1. The van der Waals surface area contributed by atoms with Gasteiger partial charge in [0.05, 0.1) is 5.92 Å². The van der Waals surface area contributed by atoms with Crippen LogP contribution in [0.15, 0.2) is 0 Å². The average Bonchev–Trinajstić information content (AvgIpc) is 2.72. The van der Waals surface area contributed by atoms with Crippen molar-refractivity contribution in [3.63, 3.8) is 0 Å². The van der Waals surface area contributed by atoms with E-state index in [0.717, 1.165) is 25.7 Å². The Bertz CT molecular complexity index is 213. The molecule has 2 rings (SSSR count). The average molecular weight is 210 g/mol.